The van der Waals surface area contributed by atoms with Gasteiger partial charge in [0.15, 0.2) is 6.29 Å². The molecule has 6 heteroatoms. The number of aliphatic hydroxyl groups excluding tert-OH is 2. The van der Waals surface area contributed by atoms with Gasteiger partial charge in [0.2, 0.25) is 0 Å². The molecular formula is C27H30O6. The summed E-state index contributed by atoms with van der Waals surface area (Å²) >= 11 is 0. The van der Waals surface area contributed by atoms with Crippen molar-refractivity contribution in [3.05, 3.63) is 108 Å². The van der Waals surface area contributed by atoms with Crippen molar-refractivity contribution >= 4 is 0 Å². The van der Waals surface area contributed by atoms with E-state index in [1.165, 1.54) is 0 Å². The number of benzene rings is 3. The van der Waals surface area contributed by atoms with Crippen LogP contribution in [0, 0.1) is 0 Å². The second-order valence-electron chi connectivity index (χ2n) is 8.03. The first-order chi connectivity index (χ1) is 16.2. The lowest BCUT2D eigenvalue weighted by atomic mass is 10.1. The summed E-state index contributed by atoms with van der Waals surface area (Å²) < 4.78 is 24.1. The molecule has 0 spiro atoms. The fourth-order valence-corrected chi connectivity index (χ4v) is 3.89. The summed E-state index contributed by atoms with van der Waals surface area (Å²) in [4.78, 5) is 0. The van der Waals surface area contributed by atoms with Crippen molar-refractivity contribution in [2.24, 2.45) is 0 Å². The Labute approximate surface area is 194 Å². The molecule has 0 aromatic heterocycles. The highest BCUT2D eigenvalue weighted by molar-refractivity contribution is 5.15. The summed E-state index contributed by atoms with van der Waals surface area (Å²) in [7, 11) is 0. The number of rotatable bonds is 11. The maximum Gasteiger partial charge on any atom is 0.184 e. The lowest BCUT2D eigenvalue weighted by Gasteiger charge is -2.28. The van der Waals surface area contributed by atoms with E-state index < -0.39 is 30.7 Å². The lowest BCUT2D eigenvalue weighted by molar-refractivity contribution is -0.170. The van der Waals surface area contributed by atoms with Gasteiger partial charge in [-0.15, -0.1) is 0 Å². The SMILES string of the molecule is OC[C@@H](OCc1ccccc1)[C@H]1OC(O)[C@H](OCc2ccccc2)[C@H]1OCc1ccccc1. The molecule has 1 fully saturated rings. The minimum atomic E-state index is -1.20. The summed E-state index contributed by atoms with van der Waals surface area (Å²) in [6, 6.07) is 29.2. The second kappa shape index (κ2) is 12.0. The molecule has 1 heterocycles. The van der Waals surface area contributed by atoms with E-state index in [0.29, 0.717) is 19.8 Å². The van der Waals surface area contributed by atoms with Crippen LogP contribution in [-0.2, 0) is 38.8 Å². The zero-order chi connectivity index (χ0) is 22.9. The largest absolute Gasteiger partial charge is 0.394 e. The maximum atomic E-state index is 10.7. The summed E-state index contributed by atoms with van der Waals surface area (Å²) in [5.41, 5.74) is 2.95. The maximum absolute atomic E-state index is 10.7. The average Bonchev–Trinajstić information content (AvgIpc) is 3.18. The van der Waals surface area contributed by atoms with Gasteiger partial charge in [-0.3, -0.25) is 0 Å². The molecule has 0 bridgehead atoms. The van der Waals surface area contributed by atoms with Crippen LogP contribution in [0.15, 0.2) is 91.0 Å². The summed E-state index contributed by atoms with van der Waals surface area (Å²) in [6.07, 6.45) is -3.94. The summed E-state index contributed by atoms with van der Waals surface area (Å²) in [6.45, 7) is 0.655. The fraction of sp³-hybridized carbons (Fsp3) is 0.333. The molecule has 1 unspecified atom stereocenters. The van der Waals surface area contributed by atoms with Crippen molar-refractivity contribution in [3.63, 3.8) is 0 Å². The van der Waals surface area contributed by atoms with Gasteiger partial charge in [-0.05, 0) is 16.7 Å². The highest BCUT2D eigenvalue weighted by atomic mass is 16.7. The minimum Gasteiger partial charge on any atom is -0.394 e. The first-order valence-electron chi connectivity index (χ1n) is 11.2. The molecule has 0 radical (unpaired) electrons. The second-order valence-corrected chi connectivity index (χ2v) is 8.03. The van der Waals surface area contributed by atoms with Gasteiger partial charge < -0.3 is 29.2 Å². The molecule has 3 aromatic rings. The van der Waals surface area contributed by atoms with Crippen LogP contribution < -0.4 is 0 Å². The highest BCUT2D eigenvalue weighted by Crippen LogP contribution is 2.30. The van der Waals surface area contributed by atoms with Crippen molar-refractivity contribution in [1.29, 1.82) is 0 Å². The van der Waals surface area contributed by atoms with Gasteiger partial charge in [0, 0.05) is 0 Å². The Hall–Kier alpha value is -2.58. The topological polar surface area (TPSA) is 77.4 Å². The molecule has 1 aliphatic rings. The Bertz CT molecular complexity index is 937. The van der Waals surface area contributed by atoms with Gasteiger partial charge >= 0.3 is 0 Å². The monoisotopic (exact) mass is 450 g/mol. The van der Waals surface area contributed by atoms with Crippen LogP contribution in [0.4, 0.5) is 0 Å². The van der Waals surface area contributed by atoms with E-state index in [1.54, 1.807) is 0 Å². The number of hydrogen-bond acceptors (Lipinski definition) is 6. The molecule has 2 N–H and O–H groups in total. The molecule has 0 amide bonds. The first kappa shape index (κ1) is 23.6. The predicted molar refractivity (Wildman–Crippen MR) is 123 cm³/mol. The van der Waals surface area contributed by atoms with E-state index in [0.717, 1.165) is 16.7 Å². The average molecular weight is 451 g/mol. The molecular weight excluding hydrogens is 420 g/mol. The normalized spacial score (nSPS) is 23.5. The Kier molecular flexibility index (Phi) is 8.60. The third kappa shape index (κ3) is 6.48. The van der Waals surface area contributed by atoms with Gasteiger partial charge in [-0.1, -0.05) is 91.0 Å². The third-order valence-corrected chi connectivity index (χ3v) is 5.65. The number of hydrogen-bond donors (Lipinski definition) is 2. The highest BCUT2D eigenvalue weighted by Gasteiger charge is 2.49. The van der Waals surface area contributed by atoms with Gasteiger partial charge in [0.25, 0.3) is 0 Å². The third-order valence-electron chi connectivity index (χ3n) is 5.65. The van der Waals surface area contributed by atoms with Crippen molar-refractivity contribution < 1.29 is 29.2 Å². The lowest BCUT2D eigenvalue weighted by Crippen LogP contribution is -2.44. The fourth-order valence-electron chi connectivity index (χ4n) is 3.89. The molecule has 5 atom stereocenters. The molecule has 33 heavy (non-hydrogen) atoms. The smallest absolute Gasteiger partial charge is 0.184 e. The van der Waals surface area contributed by atoms with Gasteiger partial charge in [0.05, 0.1) is 26.4 Å². The van der Waals surface area contributed by atoms with E-state index in [-0.39, 0.29) is 6.61 Å². The van der Waals surface area contributed by atoms with Crippen LogP contribution in [0.3, 0.4) is 0 Å². The van der Waals surface area contributed by atoms with Crippen LogP contribution in [0.5, 0.6) is 0 Å². The van der Waals surface area contributed by atoms with Crippen LogP contribution in [0.25, 0.3) is 0 Å². The van der Waals surface area contributed by atoms with E-state index in [1.807, 2.05) is 91.0 Å². The van der Waals surface area contributed by atoms with Crippen molar-refractivity contribution in [1.82, 2.24) is 0 Å². The Morgan fingerprint density at radius 2 is 1.12 bits per heavy atom. The molecule has 0 saturated carbocycles. The van der Waals surface area contributed by atoms with Crippen LogP contribution >= 0.6 is 0 Å². The minimum absolute atomic E-state index is 0.277. The summed E-state index contributed by atoms with van der Waals surface area (Å²) in [5.74, 6) is 0. The van der Waals surface area contributed by atoms with Crippen molar-refractivity contribution in [2.75, 3.05) is 6.61 Å². The number of ether oxygens (including phenoxy) is 4. The summed E-state index contributed by atoms with van der Waals surface area (Å²) in [5, 5.41) is 20.7. The van der Waals surface area contributed by atoms with E-state index >= 15 is 0 Å². The zero-order valence-corrected chi connectivity index (χ0v) is 18.4. The van der Waals surface area contributed by atoms with Crippen LogP contribution in [0.1, 0.15) is 16.7 Å². The zero-order valence-electron chi connectivity index (χ0n) is 18.4. The van der Waals surface area contributed by atoms with Gasteiger partial charge in [-0.25, -0.2) is 0 Å². The molecule has 3 aromatic carbocycles. The molecule has 1 saturated heterocycles. The molecule has 0 aliphatic carbocycles. The standard InChI is InChI=1S/C27H30O6/c28-16-23(30-17-20-10-4-1-5-11-20)24-25(31-18-21-12-6-2-7-13-21)26(27(29)33-24)32-19-22-14-8-3-9-15-22/h1-15,23-29H,16-19H2/t23-,24-,25+,26-,27?/m1/s1. The van der Waals surface area contributed by atoms with Crippen molar-refractivity contribution in [3.8, 4) is 0 Å². The number of aliphatic hydroxyl groups is 2. The van der Waals surface area contributed by atoms with Crippen LogP contribution in [-0.4, -0.2) is 47.5 Å². The molecule has 6 nitrogen and oxygen atoms in total. The molecule has 174 valence electrons. The van der Waals surface area contributed by atoms with E-state index in [2.05, 4.69) is 0 Å². The first-order valence-corrected chi connectivity index (χ1v) is 11.2. The van der Waals surface area contributed by atoms with Gasteiger partial charge in [0.1, 0.15) is 24.4 Å². The predicted octanol–water partition coefficient (Wildman–Crippen LogP) is 3.45. The Morgan fingerprint density at radius 3 is 1.61 bits per heavy atom. The van der Waals surface area contributed by atoms with E-state index in [9.17, 15) is 10.2 Å². The van der Waals surface area contributed by atoms with Crippen molar-refractivity contribution in [2.45, 2.75) is 50.5 Å². The van der Waals surface area contributed by atoms with E-state index in [4.69, 9.17) is 18.9 Å². The Morgan fingerprint density at radius 1 is 0.667 bits per heavy atom. The molecule has 1 aliphatic heterocycles. The van der Waals surface area contributed by atoms with Gasteiger partial charge in [-0.2, -0.15) is 0 Å². The van der Waals surface area contributed by atoms with Crippen LogP contribution in [0.2, 0.25) is 0 Å². The Balaban J connectivity index is 1.47. The quantitative estimate of drug-likeness (QED) is 0.466. The molecule has 4 rings (SSSR count).